The van der Waals surface area contributed by atoms with Gasteiger partial charge in [0.2, 0.25) is 0 Å². The summed E-state index contributed by atoms with van der Waals surface area (Å²) in [5.74, 6) is -0.0810. The number of carbonyl (C=O) groups is 1. The van der Waals surface area contributed by atoms with Gasteiger partial charge in [0.05, 0.1) is 6.04 Å². The number of aromatic nitrogens is 1. The van der Waals surface area contributed by atoms with Crippen LogP contribution in [0, 0.1) is 0 Å². The van der Waals surface area contributed by atoms with Crippen molar-refractivity contribution >= 4 is 5.78 Å². The van der Waals surface area contributed by atoms with Gasteiger partial charge in [0, 0.05) is 17.8 Å². The van der Waals surface area contributed by atoms with Crippen molar-refractivity contribution in [3.63, 3.8) is 0 Å². The molecule has 1 aromatic carbocycles. The van der Waals surface area contributed by atoms with E-state index in [9.17, 15) is 9.59 Å². The Hall–Kier alpha value is -2.16. The number of fused-ring (bicyclic) bond motifs is 1. The van der Waals surface area contributed by atoms with E-state index < -0.39 is 0 Å². The van der Waals surface area contributed by atoms with E-state index in [0.29, 0.717) is 5.56 Å². The summed E-state index contributed by atoms with van der Waals surface area (Å²) in [4.78, 5) is 23.1. The van der Waals surface area contributed by atoms with E-state index in [2.05, 4.69) is 0 Å². The summed E-state index contributed by atoms with van der Waals surface area (Å²) in [6, 6.07) is 11.1. The van der Waals surface area contributed by atoms with Crippen LogP contribution in [0.3, 0.4) is 0 Å². The fourth-order valence-corrected chi connectivity index (χ4v) is 2.16. The van der Waals surface area contributed by atoms with Crippen molar-refractivity contribution in [2.45, 2.75) is 13.0 Å². The zero-order chi connectivity index (χ0) is 12.0. The molecule has 3 rings (SSSR count). The van der Waals surface area contributed by atoms with Crippen molar-refractivity contribution in [1.82, 2.24) is 4.57 Å². The molecule has 0 N–H and O–H groups in total. The number of benzene rings is 1. The minimum absolute atomic E-state index is 0.0681. The zero-order valence-corrected chi connectivity index (χ0v) is 9.38. The Labute approximate surface area is 98.3 Å². The molecule has 0 fully saturated rings. The smallest absolute Gasteiger partial charge is 0.252 e. The van der Waals surface area contributed by atoms with Gasteiger partial charge in [0.25, 0.3) is 5.56 Å². The highest BCUT2D eigenvalue weighted by atomic mass is 16.1. The second kappa shape index (κ2) is 3.42. The molecular weight excluding hydrogens is 214 g/mol. The molecule has 0 amide bonds. The van der Waals surface area contributed by atoms with Crippen molar-refractivity contribution in [3.8, 4) is 0 Å². The molecule has 0 atom stereocenters. The fraction of sp³-hybridized carbons (Fsp3) is 0.143. The highest BCUT2D eigenvalue weighted by Crippen LogP contribution is 2.42. The van der Waals surface area contributed by atoms with E-state index in [-0.39, 0.29) is 17.4 Å². The quantitative estimate of drug-likeness (QED) is 0.626. The van der Waals surface area contributed by atoms with E-state index in [0.717, 1.165) is 0 Å². The molecule has 1 aliphatic rings. The van der Waals surface area contributed by atoms with Gasteiger partial charge in [-0.1, -0.05) is 24.3 Å². The molecule has 3 nitrogen and oxygen atoms in total. The molecule has 17 heavy (non-hydrogen) atoms. The first-order valence-corrected chi connectivity index (χ1v) is 5.50. The Balaban J connectivity index is 2.03. The summed E-state index contributed by atoms with van der Waals surface area (Å²) >= 11 is 0. The fourth-order valence-electron chi connectivity index (χ4n) is 2.16. The summed E-state index contributed by atoms with van der Waals surface area (Å²) in [5, 5.41) is 0. The van der Waals surface area contributed by atoms with Gasteiger partial charge in [-0.15, -0.1) is 0 Å². The molecule has 0 spiro atoms. The normalized spacial score (nSPS) is 13.2. The number of hydrogen-bond acceptors (Lipinski definition) is 2. The Morgan fingerprint density at radius 3 is 2.35 bits per heavy atom. The molecule has 1 aromatic heterocycles. The first-order chi connectivity index (χ1) is 8.18. The predicted molar refractivity (Wildman–Crippen MR) is 64.4 cm³/mol. The lowest BCUT2D eigenvalue weighted by Gasteiger charge is -2.03. The van der Waals surface area contributed by atoms with Gasteiger partial charge < -0.3 is 4.57 Å². The van der Waals surface area contributed by atoms with Crippen molar-refractivity contribution < 1.29 is 4.79 Å². The lowest BCUT2D eigenvalue weighted by molar-refractivity contribution is 0.101. The maximum absolute atomic E-state index is 11.9. The van der Waals surface area contributed by atoms with Crippen molar-refractivity contribution in [3.05, 3.63) is 69.6 Å². The van der Waals surface area contributed by atoms with E-state index in [1.807, 2.05) is 24.3 Å². The Kier molecular flexibility index (Phi) is 2.01. The van der Waals surface area contributed by atoms with Crippen LogP contribution < -0.4 is 5.56 Å². The minimum Gasteiger partial charge on any atom is -0.304 e. The van der Waals surface area contributed by atoms with E-state index >= 15 is 0 Å². The number of carbonyl (C=O) groups excluding carboxylic acids is 1. The third-order valence-electron chi connectivity index (χ3n) is 3.13. The third kappa shape index (κ3) is 1.51. The topological polar surface area (TPSA) is 39.1 Å². The first kappa shape index (κ1) is 10.0. The van der Waals surface area contributed by atoms with E-state index in [4.69, 9.17) is 0 Å². The van der Waals surface area contributed by atoms with Gasteiger partial charge in [0.15, 0.2) is 5.78 Å². The minimum atomic E-state index is -0.126. The molecule has 84 valence electrons. The standard InChI is InChI=1S/C14H11NO2/c1-9(16)10-6-7-15(13(17)8-10)14-11-4-2-3-5-12(11)14/h2-8,14H,1H3. The van der Waals surface area contributed by atoms with Crippen LogP contribution >= 0.6 is 0 Å². The largest absolute Gasteiger partial charge is 0.304 e. The van der Waals surface area contributed by atoms with Crippen molar-refractivity contribution in [2.24, 2.45) is 0 Å². The van der Waals surface area contributed by atoms with Crippen molar-refractivity contribution in [2.75, 3.05) is 0 Å². The van der Waals surface area contributed by atoms with Gasteiger partial charge >= 0.3 is 0 Å². The molecule has 0 bridgehead atoms. The summed E-state index contributed by atoms with van der Waals surface area (Å²) in [5.41, 5.74) is 2.71. The predicted octanol–water partition coefficient (Wildman–Crippen LogP) is 2.00. The zero-order valence-electron chi connectivity index (χ0n) is 9.38. The molecule has 0 radical (unpaired) electrons. The monoisotopic (exact) mass is 225 g/mol. The number of nitrogens with zero attached hydrogens (tertiary/aromatic N) is 1. The third-order valence-corrected chi connectivity index (χ3v) is 3.13. The van der Waals surface area contributed by atoms with E-state index in [1.165, 1.54) is 24.1 Å². The molecule has 0 saturated heterocycles. The van der Waals surface area contributed by atoms with Gasteiger partial charge in [-0.05, 0) is 24.1 Å². The molecule has 0 unspecified atom stereocenters. The number of pyridine rings is 1. The van der Waals surface area contributed by atoms with Crippen LogP contribution in [0.25, 0.3) is 0 Å². The SMILES string of the molecule is CC(=O)c1ccn(C2c3ccccc32)c(=O)c1. The molecule has 3 heteroatoms. The lowest BCUT2D eigenvalue weighted by atomic mass is 10.2. The maximum Gasteiger partial charge on any atom is 0.252 e. The van der Waals surface area contributed by atoms with Gasteiger partial charge in [0.1, 0.15) is 0 Å². The van der Waals surface area contributed by atoms with E-state index in [1.54, 1.807) is 16.8 Å². The van der Waals surface area contributed by atoms with Gasteiger partial charge in [-0.2, -0.15) is 0 Å². The number of Topliss-reactive ketones (excluding diaryl/α,β-unsaturated/α-hetero) is 1. The number of rotatable bonds is 2. The van der Waals surface area contributed by atoms with Crippen molar-refractivity contribution in [1.29, 1.82) is 0 Å². The maximum atomic E-state index is 11.9. The van der Waals surface area contributed by atoms with Crippen LogP contribution in [0.1, 0.15) is 34.5 Å². The van der Waals surface area contributed by atoms with Crippen LogP contribution in [0.4, 0.5) is 0 Å². The summed E-state index contributed by atoms with van der Waals surface area (Å²) in [7, 11) is 0. The Morgan fingerprint density at radius 2 is 1.82 bits per heavy atom. The highest BCUT2D eigenvalue weighted by molar-refractivity contribution is 5.93. The summed E-state index contributed by atoms with van der Waals surface area (Å²) in [6.45, 7) is 1.46. The Morgan fingerprint density at radius 1 is 1.18 bits per heavy atom. The second-order valence-electron chi connectivity index (χ2n) is 4.25. The molecule has 0 saturated carbocycles. The highest BCUT2D eigenvalue weighted by Gasteiger charge is 2.33. The summed E-state index contributed by atoms with van der Waals surface area (Å²) < 4.78 is 1.66. The average Bonchev–Trinajstić information content (AvgIpc) is 3.03. The van der Waals surface area contributed by atoms with Gasteiger partial charge in [-0.3, -0.25) is 9.59 Å². The molecular formula is C14H11NO2. The molecule has 1 aliphatic carbocycles. The summed E-state index contributed by atoms with van der Waals surface area (Å²) in [6.07, 6.45) is 1.70. The van der Waals surface area contributed by atoms with Crippen LogP contribution in [0.5, 0.6) is 0 Å². The molecule has 1 heterocycles. The van der Waals surface area contributed by atoms with Crippen LogP contribution in [-0.2, 0) is 0 Å². The first-order valence-electron chi connectivity index (χ1n) is 5.50. The van der Waals surface area contributed by atoms with Crippen LogP contribution in [-0.4, -0.2) is 10.4 Å². The lowest BCUT2D eigenvalue weighted by Crippen LogP contribution is -2.19. The van der Waals surface area contributed by atoms with Crippen LogP contribution in [0.15, 0.2) is 47.4 Å². The molecule has 2 aromatic rings. The number of hydrogen-bond donors (Lipinski definition) is 0. The average molecular weight is 225 g/mol. The van der Waals surface area contributed by atoms with Crippen LogP contribution in [0.2, 0.25) is 0 Å². The van der Waals surface area contributed by atoms with Gasteiger partial charge in [-0.25, -0.2) is 0 Å². The molecule has 0 aliphatic heterocycles. The number of ketones is 1. The second-order valence-corrected chi connectivity index (χ2v) is 4.25. The Bertz CT molecular complexity index is 647.